The number of hydrogen-bond acceptors (Lipinski definition) is 5. The number of nitrogens with one attached hydrogen (secondary N) is 1. The molecule has 124 valence electrons. The fourth-order valence-electron chi connectivity index (χ4n) is 2.64. The predicted molar refractivity (Wildman–Crippen MR) is 91.2 cm³/mol. The third-order valence-electron chi connectivity index (χ3n) is 3.86. The number of oxime groups is 1. The maximum atomic E-state index is 12.9. The van der Waals surface area contributed by atoms with Crippen LogP contribution in [0.1, 0.15) is 33.3 Å². The van der Waals surface area contributed by atoms with Crippen molar-refractivity contribution < 1.29 is 19.2 Å². The quantitative estimate of drug-likeness (QED) is 0.641. The van der Waals surface area contributed by atoms with Gasteiger partial charge >= 0.3 is 5.97 Å². The Labute approximate surface area is 147 Å². The molecule has 0 amide bonds. The molecule has 1 aromatic heterocycles. The molecule has 2 heterocycles. The van der Waals surface area contributed by atoms with E-state index in [1.165, 1.54) is 19.4 Å². The highest BCUT2D eigenvalue weighted by molar-refractivity contribution is 9.10. The largest absolute Gasteiger partial charge is 0.464 e. The summed E-state index contributed by atoms with van der Waals surface area (Å²) in [6.07, 6.45) is 1.11. The summed E-state index contributed by atoms with van der Waals surface area (Å²) >= 11 is 3.42. The molecule has 3 rings (SSSR count). The third kappa shape index (κ3) is 2.99. The number of rotatable bonds is 4. The normalized spacial score (nSPS) is 19.5. The van der Waals surface area contributed by atoms with Gasteiger partial charge in [0.25, 0.3) is 0 Å². The first-order valence-corrected chi connectivity index (χ1v) is 8.11. The van der Waals surface area contributed by atoms with Gasteiger partial charge in [-0.1, -0.05) is 33.2 Å². The monoisotopic (exact) mass is 390 g/mol. The summed E-state index contributed by atoms with van der Waals surface area (Å²) < 4.78 is 5.54. The van der Waals surface area contributed by atoms with Crippen molar-refractivity contribution in [3.63, 3.8) is 0 Å². The van der Waals surface area contributed by atoms with Gasteiger partial charge in [0.15, 0.2) is 5.78 Å². The van der Waals surface area contributed by atoms with Gasteiger partial charge in [-0.25, -0.2) is 4.79 Å². The van der Waals surface area contributed by atoms with Crippen molar-refractivity contribution in [2.75, 3.05) is 7.11 Å². The Morgan fingerprint density at radius 3 is 2.83 bits per heavy atom. The van der Waals surface area contributed by atoms with Crippen molar-refractivity contribution in [2.24, 2.45) is 11.1 Å². The van der Waals surface area contributed by atoms with Crippen LogP contribution in [-0.2, 0) is 9.57 Å². The van der Waals surface area contributed by atoms with Crippen molar-refractivity contribution in [2.45, 2.75) is 13.0 Å². The number of hydrogen-bond donors (Lipinski definition) is 1. The molecule has 0 saturated heterocycles. The molecule has 2 aromatic rings. The first-order chi connectivity index (χ1) is 11.5. The SMILES string of the molecule is COC(=O)c1cc(C(=O)C2C(c3cccc(Br)c3)=NOC2C)c[nH]1. The minimum Gasteiger partial charge on any atom is -0.464 e. The molecule has 6 nitrogen and oxygen atoms in total. The topological polar surface area (TPSA) is 80.8 Å². The van der Waals surface area contributed by atoms with E-state index in [4.69, 9.17) is 4.84 Å². The van der Waals surface area contributed by atoms with Crippen molar-refractivity contribution in [1.29, 1.82) is 0 Å². The van der Waals surface area contributed by atoms with Gasteiger partial charge in [0, 0.05) is 21.8 Å². The Balaban J connectivity index is 1.91. The molecule has 7 heteroatoms. The second kappa shape index (κ2) is 6.60. The third-order valence-corrected chi connectivity index (χ3v) is 4.35. The van der Waals surface area contributed by atoms with Crippen LogP contribution in [0.3, 0.4) is 0 Å². The molecule has 2 unspecified atom stereocenters. The van der Waals surface area contributed by atoms with Crippen molar-refractivity contribution in [3.8, 4) is 0 Å². The van der Waals surface area contributed by atoms with Crippen LogP contribution in [0.2, 0.25) is 0 Å². The molecule has 24 heavy (non-hydrogen) atoms. The van der Waals surface area contributed by atoms with Crippen LogP contribution in [-0.4, -0.2) is 35.7 Å². The fraction of sp³-hybridized carbons (Fsp3) is 0.235. The lowest BCUT2D eigenvalue weighted by atomic mass is 9.87. The minimum atomic E-state index is -0.541. The van der Waals surface area contributed by atoms with Gasteiger partial charge in [-0.05, 0) is 25.1 Å². The van der Waals surface area contributed by atoms with E-state index >= 15 is 0 Å². The van der Waals surface area contributed by atoms with Gasteiger partial charge in [-0.3, -0.25) is 4.79 Å². The Morgan fingerprint density at radius 1 is 1.33 bits per heavy atom. The van der Waals surface area contributed by atoms with E-state index in [2.05, 4.69) is 30.8 Å². The summed E-state index contributed by atoms with van der Waals surface area (Å²) in [5.41, 5.74) is 2.01. The number of esters is 1. The van der Waals surface area contributed by atoms with Crippen LogP contribution in [0, 0.1) is 5.92 Å². The van der Waals surface area contributed by atoms with E-state index in [9.17, 15) is 9.59 Å². The Morgan fingerprint density at radius 2 is 2.12 bits per heavy atom. The van der Waals surface area contributed by atoms with Crippen LogP contribution in [0.4, 0.5) is 0 Å². The highest BCUT2D eigenvalue weighted by Gasteiger charge is 2.38. The zero-order chi connectivity index (χ0) is 17.3. The van der Waals surface area contributed by atoms with E-state index < -0.39 is 11.9 Å². The van der Waals surface area contributed by atoms with Crippen molar-refractivity contribution in [1.82, 2.24) is 4.98 Å². The van der Waals surface area contributed by atoms with Crippen molar-refractivity contribution in [3.05, 3.63) is 57.8 Å². The van der Waals surface area contributed by atoms with E-state index in [0.29, 0.717) is 11.3 Å². The molecule has 0 aliphatic carbocycles. The van der Waals surface area contributed by atoms with E-state index in [0.717, 1.165) is 10.0 Å². The number of methoxy groups -OCH3 is 1. The number of halogens is 1. The molecule has 0 spiro atoms. The lowest BCUT2D eigenvalue weighted by molar-refractivity contribution is 0.0594. The molecule has 1 aliphatic heterocycles. The second-order valence-electron chi connectivity index (χ2n) is 5.43. The van der Waals surface area contributed by atoms with Gasteiger partial charge in [0.2, 0.25) is 0 Å². The summed E-state index contributed by atoms with van der Waals surface area (Å²) in [4.78, 5) is 32.5. The molecular weight excluding hydrogens is 376 g/mol. The first-order valence-electron chi connectivity index (χ1n) is 7.32. The number of benzene rings is 1. The standard InChI is InChI=1S/C17H15BrN2O4/c1-9-14(15(20-24-9)10-4-3-5-12(18)6-10)16(21)11-7-13(19-8-11)17(22)23-2/h3-9,14,19H,1-2H3. The average Bonchev–Trinajstić information content (AvgIpc) is 3.20. The number of carbonyl (C=O) groups is 2. The van der Waals surface area contributed by atoms with Crippen LogP contribution in [0.5, 0.6) is 0 Å². The number of nitrogens with zero attached hydrogens (tertiary/aromatic N) is 1. The summed E-state index contributed by atoms with van der Waals surface area (Å²) in [6, 6.07) is 9.02. The zero-order valence-corrected chi connectivity index (χ0v) is 14.7. The summed E-state index contributed by atoms with van der Waals surface area (Å²) in [6.45, 7) is 1.80. The molecular formula is C17H15BrN2O4. The lowest BCUT2D eigenvalue weighted by Gasteiger charge is -2.13. The average molecular weight is 391 g/mol. The first kappa shape index (κ1) is 16.4. The minimum absolute atomic E-state index is 0.162. The van der Waals surface area contributed by atoms with Gasteiger partial charge in [-0.15, -0.1) is 0 Å². The number of H-pyrrole nitrogens is 1. The summed E-state index contributed by atoms with van der Waals surface area (Å²) in [5.74, 6) is -1.23. The molecule has 0 radical (unpaired) electrons. The molecule has 0 fully saturated rings. The molecule has 0 saturated carbocycles. The molecule has 1 aromatic carbocycles. The maximum Gasteiger partial charge on any atom is 0.354 e. The second-order valence-corrected chi connectivity index (χ2v) is 6.35. The van der Waals surface area contributed by atoms with Crippen molar-refractivity contribution >= 4 is 33.4 Å². The highest BCUT2D eigenvalue weighted by Crippen LogP contribution is 2.28. The van der Waals surface area contributed by atoms with E-state index in [-0.39, 0.29) is 17.6 Å². The molecule has 1 N–H and O–H groups in total. The fourth-order valence-corrected chi connectivity index (χ4v) is 3.04. The number of aromatic amines is 1. The Hall–Kier alpha value is -2.41. The summed E-state index contributed by atoms with van der Waals surface area (Å²) in [7, 11) is 1.29. The number of ketones is 1. The van der Waals surface area contributed by atoms with Crippen LogP contribution in [0.25, 0.3) is 0 Å². The van der Waals surface area contributed by atoms with E-state index in [1.807, 2.05) is 24.3 Å². The van der Waals surface area contributed by atoms with Crippen LogP contribution in [0.15, 0.2) is 46.2 Å². The van der Waals surface area contributed by atoms with Gasteiger partial charge < -0.3 is 14.6 Å². The zero-order valence-electron chi connectivity index (χ0n) is 13.1. The number of aromatic nitrogens is 1. The predicted octanol–water partition coefficient (Wildman–Crippen LogP) is 3.19. The summed E-state index contributed by atoms with van der Waals surface area (Å²) in [5, 5.41) is 4.09. The van der Waals surface area contributed by atoms with Gasteiger partial charge in [0.05, 0.1) is 7.11 Å². The van der Waals surface area contributed by atoms with Gasteiger partial charge in [-0.2, -0.15) is 0 Å². The number of carbonyl (C=O) groups excluding carboxylic acids is 2. The Kier molecular flexibility index (Phi) is 4.53. The lowest BCUT2D eigenvalue weighted by Crippen LogP contribution is -2.30. The van der Waals surface area contributed by atoms with E-state index in [1.54, 1.807) is 6.92 Å². The smallest absolute Gasteiger partial charge is 0.354 e. The van der Waals surface area contributed by atoms with Gasteiger partial charge in [0.1, 0.15) is 23.4 Å². The van der Waals surface area contributed by atoms with Crippen LogP contribution >= 0.6 is 15.9 Å². The molecule has 0 bridgehead atoms. The highest BCUT2D eigenvalue weighted by atomic mass is 79.9. The number of Topliss-reactive ketones (excluding diaryl/α,β-unsaturated/α-hetero) is 1. The van der Waals surface area contributed by atoms with Crippen LogP contribution < -0.4 is 0 Å². The Bertz CT molecular complexity index is 828. The maximum absolute atomic E-state index is 12.9. The molecule has 1 aliphatic rings. The molecule has 2 atom stereocenters. The number of ether oxygens (including phenoxy) is 1.